The molecule has 28 heavy (non-hydrogen) atoms. The second-order valence-corrected chi connectivity index (χ2v) is 6.55. The van der Waals surface area contributed by atoms with Crippen LogP contribution in [-0.4, -0.2) is 5.97 Å². The highest BCUT2D eigenvalue weighted by atomic mass is 35.5. The normalized spacial score (nSPS) is 10.6. The number of anilines is 1. The van der Waals surface area contributed by atoms with E-state index in [4.69, 9.17) is 27.9 Å². The van der Waals surface area contributed by atoms with Crippen molar-refractivity contribution in [2.24, 2.45) is 0 Å². The number of halogens is 4. The number of nitrogens with one attached hydrogen (secondary N) is 2. The topological polar surface area (TPSA) is 50.4 Å². The van der Waals surface area contributed by atoms with Gasteiger partial charge in [-0.2, -0.15) is 0 Å². The zero-order valence-corrected chi connectivity index (χ0v) is 15.8. The second-order valence-electron chi connectivity index (χ2n) is 5.71. The van der Waals surface area contributed by atoms with E-state index in [1.54, 1.807) is 0 Å². The van der Waals surface area contributed by atoms with Crippen molar-refractivity contribution in [1.29, 1.82) is 0 Å². The first-order valence-electron chi connectivity index (χ1n) is 8.13. The van der Waals surface area contributed by atoms with Gasteiger partial charge in [-0.1, -0.05) is 47.5 Å². The van der Waals surface area contributed by atoms with Crippen LogP contribution < -0.4 is 15.6 Å². The van der Waals surface area contributed by atoms with Crippen molar-refractivity contribution in [2.75, 3.05) is 5.43 Å². The molecule has 144 valence electrons. The maximum absolute atomic E-state index is 13.8. The molecule has 3 aromatic carbocycles. The number of hydrazine groups is 1. The molecule has 0 saturated heterocycles. The summed E-state index contributed by atoms with van der Waals surface area (Å²) in [6.07, 6.45) is 0. The van der Waals surface area contributed by atoms with Crippen molar-refractivity contribution in [2.45, 2.75) is 6.54 Å². The van der Waals surface area contributed by atoms with E-state index in [-0.39, 0.29) is 17.3 Å². The van der Waals surface area contributed by atoms with Gasteiger partial charge in [0.25, 0.3) is 0 Å². The summed E-state index contributed by atoms with van der Waals surface area (Å²) in [7, 11) is 0. The number of carbonyl (C=O) groups excluding carboxylic acids is 1. The lowest BCUT2D eigenvalue weighted by Crippen LogP contribution is -2.22. The van der Waals surface area contributed by atoms with Gasteiger partial charge in [-0.25, -0.2) is 19.0 Å². The highest BCUT2D eigenvalue weighted by Gasteiger charge is 2.22. The molecule has 0 unspecified atom stereocenters. The molecule has 0 radical (unpaired) electrons. The van der Waals surface area contributed by atoms with Crippen molar-refractivity contribution in [3.8, 4) is 5.75 Å². The molecular formula is C20H14Cl2F2N2O2. The number of carbonyl (C=O) groups is 1. The summed E-state index contributed by atoms with van der Waals surface area (Å²) in [5.41, 5.74) is 6.34. The lowest BCUT2D eigenvalue weighted by Gasteiger charge is -2.15. The summed E-state index contributed by atoms with van der Waals surface area (Å²) < 4.78 is 32.9. The Morgan fingerprint density at radius 2 is 1.64 bits per heavy atom. The minimum atomic E-state index is -1.20. The quantitative estimate of drug-likeness (QED) is 0.308. The smallest absolute Gasteiger partial charge is 0.349 e. The Labute approximate surface area is 170 Å². The van der Waals surface area contributed by atoms with Crippen LogP contribution in [0, 0.1) is 11.6 Å². The van der Waals surface area contributed by atoms with Gasteiger partial charge in [-0.15, -0.1) is 0 Å². The third-order valence-electron chi connectivity index (χ3n) is 3.73. The average molecular weight is 423 g/mol. The van der Waals surface area contributed by atoms with Gasteiger partial charge in [0.05, 0.1) is 5.02 Å². The van der Waals surface area contributed by atoms with Crippen LogP contribution in [0.1, 0.15) is 15.9 Å². The van der Waals surface area contributed by atoms with E-state index in [9.17, 15) is 13.6 Å². The molecule has 0 aliphatic carbocycles. The summed E-state index contributed by atoms with van der Waals surface area (Å²) in [6, 6.07) is 15.3. The third kappa shape index (κ3) is 4.78. The monoisotopic (exact) mass is 422 g/mol. The van der Waals surface area contributed by atoms with Crippen LogP contribution in [0.5, 0.6) is 5.75 Å². The van der Waals surface area contributed by atoms with Crippen LogP contribution in [0.25, 0.3) is 0 Å². The first-order chi connectivity index (χ1) is 13.5. The molecule has 0 atom stereocenters. The number of hydrogen-bond donors (Lipinski definition) is 2. The largest absolute Gasteiger partial charge is 0.421 e. The molecule has 0 spiro atoms. The van der Waals surface area contributed by atoms with Crippen LogP contribution in [0.3, 0.4) is 0 Å². The molecule has 2 N–H and O–H groups in total. The van der Waals surface area contributed by atoms with Crippen LogP contribution in [0.2, 0.25) is 10.0 Å². The SMILES string of the molecule is O=C(Oc1c(Cl)cc(Cl)cc1CNNc1ccccc1)c1c(F)cccc1F. The maximum Gasteiger partial charge on any atom is 0.349 e. The van der Waals surface area contributed by atoms with Crippen LogP contribution in [0.15, 0.2) is 60.7 Å². The van der Waals surface area contributed by atoms with E-state index in [1.807, 2.05) is 30.3 Å². The fourth-order valence-electron chi connectivity index (χ4n) is 2.46. The Bertz CT molecular complexity index is 981. The van der Waals surface area contributed by atoms with Crippen molar-refractivity contribution < 1.29 is 18.3 Å². The van der Waals surface area contributed by atoms with Gasteiger partial charge in [0.1, 0.15) is 17.2 Å². The minimum absolute atomic E-state index is 0.0362. The Morgan fingerprint density at radius 1 is 0.964 bits per heavy atom. The molecule has 0 aromatic heterocycles. The third-order valence-corrected chi connectivity index (χ3v) is 4.23. The van der Waals surface area contributed by atoms with Crippen molar-refractivity contribution >= 4 is 34.9 Å². The molecule has 0 fully saturated rings. The maximum atomic E-state index is 13.8. The molecule has 0 aliphatic heterocycles. The van der Waals surface area contributed by atoms with Crippen molar-refractivity contribution in [3.63, 3.8) is 0 Å². The van der Waals surface area contributed by atoms with Crippen molar-refractivity contribution in [3.05, 3.63) is 93.5 Å². The zero-order valence-electron chi connectivity index (χ0n) is 14.3. The van der Waals surface area contributed by atoms with Gasteiger partial charge in [0.2, 0.25) is 0 Å². The number of para-hydroxylation sites is 1. The van der Waals surface area contributed by atoms with Gasteiger partial charge in [0.15, 0.2) is 5.75 Å². The van der Waals surface area contributed by atoms with E-state index in [0.717, 1.165) is 23.9 Å². The molecule has 8 heteroatoms. The number of rotatable bonds is 6. The van der Waals surface area contributed by atoms with E-state index >= 15 is 0 Å². The standard InChI is InChI=1S/C20H14Cl2F2N2O2/c21-13-9-12(11-25-26-14-5-2-1-3-6-14)19(15(22)10-13)28-20(27)18-16(23)7-4-8-17(18)24/h1-10,25-26H,11H2. The second kappa shape index (κ2) is 9.01. The Hall–Kier alpha value is -2.67. The van der Waals surface area contributed by atoms with E-state index in [2.05, 4.69) is 10.9 Å². The minimum Gasteiger partial charge on any atom is -0.421 e. The summed E-state index contributed by atoms with van der Waals surface area (Å²) in [4.78, 5) is 12.3. The van der Waals surface area contributed by atoms with E-state index in [0.29, 0.717) is 10.6 Å². The molecular weight excluding hydrogens is 409 g/mol. The van der Waals surface area contributed by atoms with Gasteiger partial charge in [-0.3, -0.25) is 0 Å². The van der Waals surface area contributed by atoms with Crippen LogP contribution in [0.4, 0.5) is 14.5 Å². The Kier molecular flexibility index (Phi) is 6.46. The fraction of sp³-hybridized carbons (Fsp3) is 0.0500. The molecule has 4 nitrogen and oxygen atoms in total. The molecule has 0 aliphatic rings. The summed E-state index contributed by atoms with van der Waals surface area (Å²) in [6.45, 7) is 0.164. The number of hydrogen-bond acceptors (Lipinski definition) is 4. The van der Waals surface area contributed by atoms with Gasteiger partial charge in [0, 0.05) is 22.8 Å². The summed E-state index contributed by atoms with van der Waals surface area (Å²) in [5, 5.41) is 0.354. The first kappa shape index (κ1) is 20.1. The van der Waals surface area contributed by atoms with Crippen LogP contribution >= 0.6 is 23.2 Å². The summed E-state index contributed by atoms with van der Waals surface area (Å²) in [5.74, 6) is -3.29. The van der Waals surface area contributed by atoms with Gasteiger partial charge >= 0.3 is 5.97 Å². The molecule has 0 amide bonds. The first-order valence-corrected chi connectivity index (χ1v) is 8.89. The Morgan fingerprint density at radius 3 is 2.32 bits per heavy atom. The van der Waals surface area contributed by atoms with Gasteiger partial charge in [-0.05, 0) is 36.4 Å². The molecule has 0 saturated carbocycles. The predicted octanol–water partition coefficient (Wildman–Crippen LogP) is 5.61. The highest BCUT2D eigenvalue weighted by Crippen LogP contribution is 2.33. The lowest BCUT2D eigenvalue weighted by molar-refractivity contribution is 0.0723. The molecule has 3 aromatic rings. The predicted molar refractivity (Wildman–Crippen MR) is 105 cm³/mol. The molecule has 0 heterocycles. The Balaban J connectivity index is 1.81. The number of ether oxygens (including phenoxy) is 1. The van der Waals surface area contributed by atoms with Crippen LogP contribution in [-0.2, 0) is 6.54 Å². The number of esters is 1. The fourth-order valence-corrected chi connectivity index (χ4v) is 3.03. The van der Waals surface area contributed by atoms with E-state index < -0.39 is 23.2 Å². The lowest BCUT2D eigenvalue weighted by atomic mass is 10.2. The zero-order chi connectivity index (χ0) is 20.1. The van der Waals surface area contributed by atoms with Gasteiger partial charge < -0.3 is 10.2 Å². The molecule has 3 rings (SSSR count). The average Bonchev–Trinajstić information content (AvgIpc) is 2.65. The molecule has 0 bridgehead atoms. The summed E-state index contributed by atoms with van der Waals surface area (Å²) >= 11 is 12.2. The van der Waals surface area contributed by atoms with E-state index in [1.165, 1.54) is 12.1 Å². The highest BCUT2D eigenvalue weighted by molar-refractivity contribution is 6.35. The van der Waals surface area contributed by atoms with Crippen molar-refractivity contribution in [1.82, 2.24) is 5.43 Å². The number of benzene rings is 3.